The van der Waals surface area contributed by atoms with Gasteiger partial charge < -0.3 is 15.1 Å². The van der Waals surface area contributed by atoms with E-state index in [1.165, 1.54) is 24.1 Å². The monoisotopic (exact) mass is 335 g/mol. The van der Waals surface area contributed by atoms with Gasteiger partial charge in [-0.25, -0.2) is 0 Å². The maximum atomic E-state index is 12.4. The molecule has 0 bridgehead atoms. The molecule has 4 nitrogen and oxygen atoms in total. The quantitative estimate of drug-likeness (QED) is 0.928. The summed E-state index contributed by atoms with van der Waals surface area (Å²) >= 11 is 0. The zero-order valence-electron chi connectivity index (χ0n) is 14.7. The average Bonchev–Trinajstić information content (AvgIpc) is 3.48. The molecule has 1 saturated carbocycles. The lowest BCUT2D eigenvalue weighted by Gasteiger charge is -2.34. The average molecular weight is 335 g/mol. The van der Waals surface area contributed by atoms with Gasteiger partial charge in [0.2, 0.25) is 0 Å². The maximum absolute atomic E-state index is 12.4. The number of nitrogens with zero attached hydrogens (tertiary/aromatic N) is 2. The summed E-state index contributed by atoms with van der Waals surface area (Å²) in [4.78, 5) is 17.2. The van der Waals surface area contributed by atoms with Crippen LogP contribution in [0.1, 0.15) is 34.7 Å². The number of likely N-dealkylation sites (N-methyl/N-ethyl adjacent to an activating group) is 1. The van der Waals surface area contributed by atoms with Crippen molar-refractivity contribution in [3.63, 3.8) is 0 Å². The van der Waals surface area contributed by atoms with Crippen LogP contribution >= 0.6 is 0 Å². The molecule has 130 valence electrons. The Kier molecular flexibility index (Phi) is 4.45. The van der Waals surface area contributed by atoms with Crippen LogP contribution in [0.5, 0.6) is 0 Å². The van der Waals surface area contributed by atoms with Crippen molar-refractivity contribution in [1.29, 1.82) is 0 Å². The second kappa shape index (κ2) is 6.89. The minimum Gasteiger partial charge on any atom is -0.369 e. The molecule has 0 atom stereocenters. The lowest BCUT2D eigenvalue weighted by Crippen LogP contribution is -2.44. The van der Waals surface area contributed by atoms with Crippen LogP contribution in [0, 0.1) is 0 Å². The molecule has 1 heterocycles. The van der Waals surface area contributed by atoms with Crippen LogP contribution in [0.25, 0.3) is 0 Å². The zero-order valence-corrected chi connectivity index (χ0v) is 14.7. The van der Waals surface area contributed by atoms with Gasteiger partial charge in [-0.05, 0) is 67.8 Å². The van der Waals surface area contributed by atoms with E-state index in [0.717, 1.165) is 37.8 Å². The van der Waals surface area contributed by atoms with Crippen molar-refractivity contribution in [2.24, 2.45) is 0 Å². The van der Waals surface area contributed by atoms with Gasteiger partial charge in [0, 0.05) is 43.1 Å². The molecule has 0 unspecified atom stereocenters. The van der Waals surface area contributed by atoms with Crippen LogP contribution in [0.2, 0.25) is 0 Å². The third-order valence-electron chi connectivity index (χ3n) is 5.22. The highest BCUT2D eigenvalue weighted by molar-refractivity contribution is 6.04. The second-order valence-corrected chi connectivity index (χ2v) is 7.19. The van der Waals surface area contributed by atoms with Gasteiger partial charge in [-0.2, -0.15) is 0 Å². The zero-order chi connectivity index (χ0) is 17.2. The Morgan fingerprint density at radius 1 is 0.920 bits per heavy atom. The molecule has 1 amide bonds. The number of nitrogens with one attached hydrogen (secondary N) is 1. The third-order valence-corrected chi connectivity index (χ3v) is 5.22. The Morgan fingerprint density at radius 3 is 2.16 bits per heavy atom. The lowest BCUT2D eigenvalue weighted by atomic mass is 10.1. The van der Waals surface area contributed by atoms with E-state index in [9.17, 15) is 4.79 Å². The molecule has 2 fully saturated rings. The van der Waals surface area contributed by atoms with Crippen LogP contribution in [0.15, 0.2) is 48.5 Å². The van der Waals surface area contributed by atoms with E-state index in [4.69, 9.17) is 0 Å². The second-order valence-electron chi connectivity index (χ2n) is 7.19. The van der Waals surface area contributed by atoms with Crippen molar-refractivity contribution in [2.45, 2.75) is 18.8 Å². The lowest BCUT2D eigenvalue weighted by molar-refractivity contribution is 0.102. The molecule has 4 rings (SSSR count). The predicted molar refractivity (Wildman–Crippen MR) is 103 cm³/mol. The molecule has 2 aromatic carbocycles. The standard InChI is InChI=1S/C21H25N3O/c1-23-12-14-24(15-13-23)20-10-6-18(7-11-20)21(25)22-19-8-4-17(5-9-19)16-2-3-16/h4-11,16H,2-3,12-15H2,1H3,(H,22,25). The van der Waals surface area contributed by atoms with Gasteiger partial charge in [0.05, 0.1) is 0 Å². The summed E-state index contributed by atoms with van der Waals surface area (Å²) in [5.41, 5.74) is 4.13. The molecule has 25 heavy (non-hydrogen) atoms. The minimum absolute atomic E-state index is 0.0518. The van der Waals surface area contributed by atoms with Crippen LogP contribution < -0.4 is 10.2 Å². The van der Waals surface area contributed by atoms with Gasteiger partial charge in [0.15, 0.2) is 0 Å². The van der Waals surface area contributed by atoms with E-state index >= 15 is 0 Å². The van der Waals surface area contributed by atoms with E-state index in [0.29, 0.717) is 5.56 Å². The molecular weight excluding hydrogens is 310 g/mol. The fourth-order valence-electron chi connectivity index (χ4n) is 3.35. The molecule has 2 aliphatic rings. The number of amides is 1. The maximum Gasteiger partial charge on any atom is 0.255 e. The first kappa shape index (κ1) is 16.2. The molecular formula is C21H25N3O. The molecule has 2 aromatic rings. The molecule has 1 aliphatic heterocycles. The first-order chi connectivity index (χ1) is 12.2. The van der Waals surface area contributed by atoms with Crippen molar-refractivity contribution in [1.82, 2.24) is 4.90 Å². The summed E-state index contributed by atoms with van der Waals surface area (Å²) < 4.78 is 0. The number of rotatable bonds is 4. The van der Waals surface area contributed by atoms with Crippen molar-refractivity contribution < 1.29 is 4.79 Å². The Morgan fingerprint density at radius 2 is 1.56 bits per heavy atom. The molecule has 0 aromatic heterocycles. The molecule has 0 spiro atoms. The van der Waals surface area contributed by atoms with Crippen molar-refractivity contribution in [3.8, 4) is 0 Å². The van der Waals surface area contributed by atoms with E-state index < -0.39 is 0 Å². The Labute approximate surface area is 149 Å². The molecule has 1 aliphatic carbocycles. The summed E-state index contributed by atoms with van der Waals surface area (Å²) in [6.07, 6.45) is 2.59. The summed E-state index contributed by atoms with van der Waals surface area (Å²) in [7, 11) is 2.15. The summed E-state index contributed by atoms with van der Waals surface area (Å²) in [5.74, 6) is 0.691. The SMILES string of the molecule is CN1CCN(c2ccc(C(=O)Nc3ccc(C4CC4)cc3)cc2)CC1. The number of benzene rings is 2. The van der Waals surface area contributed by atoms with Crippen LogP contribution in [0.4, 0.5) is 11.4 Å². The Bertz CT molecular complexity index is 727. The van der Waals surface area contributed by atoms with Crippen molar-refractivity contribution in [3.05, 3.63) is 59.7 Å². The summed E-state index contributed by atoms with van der Waals surface area (Å²) in [6.45, 7) is 4.24. The minimum atomic E-state index is -0.0518. The Balaban J connectivity index is 1.38. The number of carbonyl (C=O) groups is 1. The topological polar surface area (TPSA) is 35.6 Å². The smallest absolute Gasteiger partial charge is 0.255 e. The number of hydrogen-bond acceptors (Lipinski definition) is 3. The first-order valence-electron chi connectivity index (χ1n) is 9.14. The first-order valence-corrected chi connectivity index (χ1v) is 9.14. The van der Waals surface area contributed by atoms with E-state index in [1.54, 1.807) is 0 Å². The van der Waals surface area contributed by atoms with Crippen molar-refractivity contribution >= 4 is 17.3 Å². The fraction of sp³-hybridized carbons (Fsp3) is 0.381. The summed E-state index contributed by atoms with van der Waals surface area (Å²) in [5, 5.41) is 2.99. The third kappa shape index (κ3) is 3.85. The van der Waals surface area contributed by atoms with Gasteiger partial charge in [0.25, 0.3) is 5.91 Å². The number of carbonyl (C=O) groups excluding carboxylic acids is 1. The van der Waals surface area contributed by atoms with Gasteiger partial charge >= 0.3 is 0 Å². The van der Waals surface area contributed by atoms with E-state index in [1.807, 2.05) is 24.3 Å². The van der Waals surface area contributed by atoms with Crippen LogP contribution in [-0.4, -0.2) is 44.0 Å². The highest BCUT2D eigenvalue weighted by Gasteiger charge is 2.23. The van der Waals surface area contributed by atoms with Crippen molar-refractivity contribution in [2.75, 3.05) is 43.4 Å². The fourth-order valence-corrected chi connectivity index (χ4v) is 3.35. The highest BCUT2D eigenvalue weighted by Crippen LogP contribution is 2.40. The normalized spacial score (nSPS) is 18.2. The van der Waals surface area contributed by atoms with E-state index in [-0.39, 0.29) is 5.91 Å². The number of hydrogen-bond donors (Lipinski definition) is 1. The highest BCUT2D eigenvalue weighted by atomic mass is 16.1. The Hall–Kier alpha value is -2.33. The molecule has 0 radical (unpaired) electrons. The molecule has 4 heteroatoms. The van der Waals surface area contributed by atoms with Crippen LogP contribution in [0.3, 0.4) is 0 Å². The van der Waals surface area contributed by atoms with Crippen LogP contribution in [-0.2, 0) is 0 Å². The van der Waals surface area contributed by atoms with Gasteiger partial charge in [0.1, 0.15) is 0 Å². The largest absolute Gasteiger partial charge is 0.369 e. The van der Waals surface area contributed by atoms with E-state index in [2.05, 4.69) is 46.4 Å². The number of anilines is 2. The number of piperazine rings is 1. The van der Waals surface area contributed by atoms with Gasteiger partial charge in [-0.15, -0.1) is 0 Å². The molecule has 1 saturated heterocycles. The molecule has 1 N–H and O–H groups in total. The summed E-state index contributed by atoms with van der Waals surface area (Å²) in [6, 6.07) is 16.2. The van der Waals surface area contributed by atoms with Gasteiger partial charge in [-0.1, -0.05) is 12.1 Å². The predicted octanol–water partition coefficient (Wildman–Crippen LogP) is 3.57. The van der Waals surface area contributed by atoms with Gasteiger partial charge in [-0.3, -0.25) is 4.79 Å².